The number of halogens is 1. The van der Waals surface area contributed by atoms with Crippen LogP contribution in [0.1, 0.15) is 30.6 Å². The van der Waals surface area contributed by atoms with Crippen molar-refractivity contribution in [3.63, 3.8) is 0 Å². The van der Waals surface area contributed by atoms with Crippen LogP contribution in [-0.4, -0.2) is 26.9 Å². The topological polar surface area (TPSA) is 58.1 Å². The third kappa shape index (κ3) is 2.81. The number of fused-ring (bicyclic) bond motifs is 1. The smallest absolute Gasteiger partial charge is 0.247 e. The maximum atomic E-state index is 12.5. The Morgan fingerprint density at radius 1 is 1.32 bits per heavy atom. The van der Waals surface area contributed by atoms with Crippen LogP contribution in [0.4, 0.5) is 0 Å². The summed E-state index contributed by atoms with van der Waals surface area (Å²) in [6.07, 6.45) is 2.73. The Morgan fingerprint density at radius 3 is 2.86 bits per heavy atom. The summed E-state index contributed by atoms with van der Waals surface area (Å²) in [5, 5.41) is 0.724. The Labute approximate surface area is 133 Å². The third-order valence-electron chi connectivity index (χ3n) is 4.22. The van der Waals surface area contributed by atoms with Gasteiger partial charge in [0.05, 0.1) is 6.04 Å². The van der Waals surface area contributed by atoms with Crippen LogP contribution in [0.3, 0.4) is 0 Å². The van der Waals surface area contributed by atoms with E-state index in [1.807, 2.05) is 24.0 Å². The molecule has 2 aromatic heterocycles. The summed E-state index contributed by atoms with van der Waals surface area (Å²) in [6, 6.07) is 7.13. The summed E-state index contributed by atoms with van der Waals surface area (Å²) in [6.45, 7) is 3.43. The van der Waals surface area contributed by atoms with Crippen molar-refractivity contribution in [3.8, 4) is 0 Å². The monoisotopic (exact) mass is 319 g/mol. The first kappa shape index (κ1) is 14.9. The zero-order valence-corrected chi connectivity index (χ0v) is 13.1. The van der Waals surface area contributed by atoms with E-state index in [4.69, 9.17) is 11.6 Å². The van der Waals surface area contributed by atoms with E-state index in [1.165, 1.54) is 6.07 Å². The van der Waals surface area contributed by atoms with E-state index < -0.39 is 0 Å². The predicted octanol–water partition coefficient (Wildman–Crippen LogP) is 2.37. The van der Waals surface area contributed by atoms with E-state index in [2.05, 4.69) is 9.55 Å². The van der Waals surface area contributed by atoms with Crippen molar-refractivity contribution in [2.24, 2.45) is 0 Å². The number of aromatic amines is 1. The van der Waals surface area contributed by atoms with Gasteiger partial charge >= 0.3 is 0 Å². The minimum absolute atomic E-state index is 0.0318. The Hall–Kier alpha value is -2.01. The lowest BCUT2D eigenvalue weighted by Crippen LogP contribution is -2.40. The van der Waals surface area contributed by atoms with Gasteiger partial charge in [0.15, 0.2) is 0 Å². The Balaban J connectivity index is 1.66. The first-order chi connectivity index (χ1) is 10.6. The van der Waals surface area contributed by atoms with Gasteiger partial charge in [-0.2, -0.15) is 0 Å². The highest BCUT2D eigenvalue weighted by Gasteiger charge is 2.28. The number of hydrogen-bond acceptors (Lipinski definition) is 2. The molecule has 3 heterocycles. The summed E-state index contributed by atoms with van der Waals surface area (Å²) < 4.78 is 2.05. The molecule has 0 spiro atoms. The molecule has 0 unspecified atom stereocenters. The SMILES string of the molecule is C[C@H]1c2ccc(Cl)n2CCN1C(=O)CCc1ccc(=O)[nH]c1. The molecule has 0 fully saturated rings. The van der Waals surface area contributed by atoms with Gasteiger partial charge in [0.2, 0.25) is 11.5 Å². The molecule has 0 radical (unpaired) electrons. The number of aromatic nitrogens is 2. The molecule has 1 atom stereocenters. The Kier molecular flexibility index (Phi) is 4.07. The van der Waals surface area contributed by atoms with Gasteiger partial charge in [0.1, 0.15) is 5.15 Å². The second-order valence-corrected chi connectivity index (χ2v) is 5.94. The first-order valence-electron chi connectivity index (χ1n) is 7.38. The number of rotatable bonds is 3. The van der Waals surface area contributed by atoms with Crippen LogP contribution in [0.5, 0.6) is 0 Å². The second-order valence-electron chi connectivity index (χ2n) is 5.56. The number of hydrogen-bond donors (Lipinski definition) is 1. The summed E-state index contributed by atoms with van der Waals surface area (Å²) in [4.78, 5) is 28.0. The molecule has 1 aliphatic heterocycles. The van der Waals surface area contributed by atoms with E-state index in [-0.39, 0.29) is 17.5 Å². The van der Waals surface area contributed by atoms with Gasteiger partial charge < -0.3 is 14.5 Å². The molecule has 1 amide bonds. The lowest BCUT2D eigenvalue weighted by molar-refractivity contribution is -0.134. The normalized spacial score (nSPS) is 17.4. The molecule has 6 heteroatoms. The molecule has 0 saturated carbocycles. The third-order valence-corrected chi connectivity index (χ3v) is 4.55. The van der Waals surface area contributed by atoms with Crippen LogP contribution in [0.2, 0.25) is 5.15 Å². The number of H-pyrrole nitrogens is 1. The van der Waals surface area contributed by atoms with Gasteiger partial charge in [-0.3, -0.25) is 9.59 Å². The predicted molar refractivity (Wildman–Crippen MR) is 85.0 cm³/mol. The second kappa shape index (κ2) is 6.01. The summed E-state index contributed by atoms with van der Waals surface area (Å²) >= 11 is 6.13. The molecular formula is C16H18ClN3O2. The molecule has 22 heavy (non-hydrogen) atoms. The maximum Gasteiger partial charge on any atom is 0.247 e. The lowest BCUT2D eigenvalue weighted by atomic mass is 10.1. The molecule has 0 saturated heterocycles. The van der Waals surface area contributed by atoms with Crippen LogP contribution in [-0.2, 0) is 17.8 Å². The van der Waals surface area contributed by atoms with E-state index in [1.54, 1.807) is 12.3 Å². The number of nitrogens with one attached hydrogen (secondary N) is 1. The molecule has 1 aliphatic rings. The number of nitrogens with zero attached hydrogens (tertiary/aromatic N) is 2. The van der Waals surface area contributed by atoms with Crippen LogP contribution in [0.15, 0.2) is 35.3 Å². The van der Waals surface area contributed by atoms with Crippen LogP contribution in [0, 0.1) is 0 Å². The van der Waals surface area contributed by atoms with Crippen LogP contribution >= 0.6 is 11.6 Å². The number of carbonyl (C=O) groups excluding carboxylic acids is 1. The molecule has 3 rings (SSSR count). The lowest BCUT2D eigenvalue weighted by Gasteiger charge is -2.35. The van der Waals surface area contributed by atoms with Gasteiger partial charge in [-0.05, 0) is 31.0 Å². The van der Waals surface area contributed by atoms with Crippen LogP contribution in [0.25, 0.3) is 0 Å². The number of amides is 1. The maximum absolute atomic E-state index is 12.5. The summed E-state index contributed by atoms with van der Waals surface area (Å²) in [5.41, 5.74) is 1.91. The van der Waals surface area contributed by atoms with Crippen molar-refractivity contribution in [1.82, 2.24) is 14.5 Å². The van der Waals surface area contributed by atoms with E-state index in [0.717, 1.165) is 23.0 Å². The van der Waals surface area contributed by atoms with Gasteiger partial charge in [-0.1, -0.05) is 17.7 Å². The fourth-order valence-corrected chi connectivity index (χ4v) is 3.20. The zero-order valence-electron chi connectivity index (χ0n) is 12.4. The fourth-order valence-electron chi connectivity index (χ4n) is 2.95. The van der Waals surface area contributed by atoms with Crippen molar-refractivity contribution in [1.29, 1.82) is 0 Å². The van der Waals surface area contributed by atoms with E-state index >= 15 is 0 Å². The van der Waals surface area contributed by atoms with Crippen LogP contribution < -0.4 is 5.56 Å². The molecule has 0 aliphatic carbocycles. The van der Waals surface area contributed by atoms with Crippen molar-refractivity contribution < 1.29 is 4.79 Å². The molecule has 2 aromatic rings. The highest BCUT2D eigenvalue weighted by molar-refractivity contribution is 6.29. The summed E-state index contributed by atoms with van der Waals surface area (Å²) in [5.74, 6) is 0.127. The molecule has 1 N–H and O–H groups in total. The van der Waals surface area contributed by atoms with Crippen molar-refractivity contribution in [2.45, 2.75) is 32.4 Å². The van der Waals surface area contributed by atoms with E-state index in [9.17, 15) is 9.59 Å². The molecule has 116 valence electrons. The molecule has 0 aromatic carbocycles. The molecule has 0 bridgehead atoms. The summed E-state index contributed by atoms with van der Waals surface area (Å²) in [7, 11) is 0. The van der Waals surface area contributed by atoms with Gasteiger partial charge in [-0.15, -0.1) is 0 Å². The van der Waals surface area contributed by atoms with Crippen molar-refractivity contribution in [2.75, 3.05) is 6.54 Å². The standard InChI is InChI=1S/C16H18ClN3O2/c1-11-13-4-5-14(17)20(13)9-8-19(11)16(22)7-3-12-2-6-15(21)18-10-12/h2,4-6,10-11H,3,7-9H2,1H3,(H,18,21)/t11-/m0/s1. The average Bonchev–Trinajstić information content (AvgIpc) is 2.89. The average molecular weight is 320 g/mol. The van der Waals surface area contributed by atoms with Crippen molar-refractivity contribution in [3.05, 3.63) is 57.2 Å². The minimum Gasteiger partial charge on any atom is -0.333 e. The van der Waals surface area contributed by atoms with Gasteiger partial charge in [0, 0.05) is 37.5 Å². The van der Waals surface area contributed by atoms with Crippen molar-refractivity contribution >= 4 is 17.5 Å². The fraction of sp³-hybridized carbons (Fsp3) is 0.375. The highest BCUT2D eigenvalue weighted by atomic mass is 35.5. The molecule has 5 nitrogen and oxygen atoms in total. The number of pyridine rings is 1. The van der Waals surface area contributed by atoms with Gasteiger partial charge in [0.25, 0.3) is 0 Å². The Bertz CT molecular complexity index is 730. The Morgan fingerprint density at radius 2 is 2.14 bits per heavy atom. The minimum atomic E-state index is -0.127. The van der Waals surface area contributed by atoms with E-state index in [0.29, 0.717) is 19.4 Å². The van der Waals surface area contributed by atoms with Gasteiger partial charge in [-0.25, -0.2) is 0 Å². The largest absolute Gasteiger partial charge is 0.333 e. The zero-order chi connectivity index (χ0) is 15.7. The first-order valence-corrected chi connectivity index (χ1v) is 7.76. The molecular weight excluding hydrogens is 302 g/mol. The quantitative estimate of drug-likeness (QED) is 0.944. The number of aryl methyl sites for hydroxylation is 1. The number of carbonyl (C=O) groups is 1. The highest BCUT2D eigenvalue weighted by Crippen LogP contribution is 2.29.